The van der Waals surface area contributed by atoms with Gasteiger partial charge < -0.3 is 0 Å². The van der Waals surface area contributed by atoms with Crippen molar-refractivity contribution >= 4 is 38.7 Å². The van der Waals surface area contributed by atoms with Gasteiger partial charge >= 0.3 is 32.7 Å². The third-order valence-electron chi connectivity index (χ3n) is 8.52. The van der Waals surface area contributed by atoms with Gasteiger partial charge in [0.05, 0.1) is 16.1 Å². The molecule has 3 aromatic carbocycles. The molecule has 2 fully saturated rings. The fourth-order valence-corrected chi connectivity index (χ4v) is 7.95. The second kappa shape index (κ2) is 18.2. The van der Waals surface area contributed by atoms with Gasteiger partial charge in [-0.25, -0.2) is 65.9 Å². The fourth-order valence-electron chi connectivity index (χ4n) is 5.57. The minimum Gasteiger partial charge on any atom is -0.207 e. The van der Waals surface area contributed by atoms with E-state index in [0.717, 1.165) is 0 Å². The fraction of sp³-hybridized carbons (Fsp3) is 0.200. The Hall–Kier alpha value is -1.79. The van der Waals surface area contributed by atoms with Gasteiger partial charge in [0.2, 0.25) is 0 Å². The summed E-state index contributed by atoms with van der Waals surface area (Å²) in [6, 6.07) is 0. The number of hydrogen-bond donors (Lipinski definition) is 0. The van der Waals surface area contributed by atoms with E-state index in [1.165, 1.54) is 0 Å². The van der Waals surface area contributed by atoms with Crippen molar-refractivity contribution in [3.63, 3.8) is 0 Å². The van der Waals surface area contributed by atoms with Gasteiger partial charge in [0.25, 0.3) is 0 Å². The summed E-state index contributed by atoms with van der Waals surface area (Å²) in [5, 5.41) is 0. The molecule has 0 saturated heterocycles. The Bertz CT molecular complexity index is 1570. The molecule has 2 aliphatic carbocycles. The zero-order valence-electron chi connectivity index (χ0n) is 29.4. The number of benzene rings is 3. The Morgan fingerprint density at radius 2 is 0.463 bits per heavy atom. The molecular formula is C35H29BF15Si2Y+2. The third-order valence-corrected chi connectivity index (χ3v) is 12.7. The monoisotopic (exact) mass is 890 g/mol. The maximum Gasteiger partial charge on any atom is 3.00 e. The van der Waals surface area contributed by atoms with Crippen molar-refractivity contribution in [3.05, 3.63) is 150 Å². The third kappa shape index (κ3) is 9.32. The smallest absolute Gasteiger partial charge is 0.207 e. The molecule has 0 N–H and O–H groups in total. The molecule has 10 radical (unpaired) electrons. The predicted molar refractivity (Wildman–Crippen MR) is 177 cm³/mol. The molecule has 0 nitrogen and oxygen atoms in total. The van der Waals surface area contributed by atoms with Crippen molar-refractivity contribution < 1.29 is 98.6 Å². The van der Waals surface area contributed by atoms with Crippen molar-refractivity contribution in [2.24, 2.45) is 0 Å². The van der Waals surface area contributed by atoms with Gasteiger partial charge in [-0.2, -0.15) is 6.82 Å². The summed E-state index contributed by atoms with van der Waals surface area (Å²) in [6.45, 7) is 14.0. The maximum absolute atomic E-state index is 14.6. The minimum absolute atomic E-state index is 0. The van der Waals surface area contributed by atoms with Crippen LogP contribution in [0, 0.1) is 150 Å². The molecule has 0 aromatic heterocycles. The average molecular weight is 890 g/mol. The molecule has 0 aliphatic heterocycles. The van der Waals surface area contributed by atoms with Crippen molar-refractivity contribution in [1.82, 2.24) is 0 Å². The summed E-state index contributed by atoms with van der Waals surface area (Å²) in [5.74, 6) is -45.1. The van der Waals surface area contributed by atoms with E-state index in [4.69, 9.17) is 0 Å². The van der Waals surface area contributed by atoms with Crippen LogP contribution in [0.4, 0.5) is 65.9 Å². The molecule has 0 atom stereocenters. The molecule has 0 spiro atoms. The number of halogens is 15. The first-order valence-electron chi connectivity index (χ1n) is 15.4. The van der Waals surface area contributed by atoms with E-state index in [9.17, 15) is 65.9 Å². The Morgan fingerprint density at radius 1 is 0.315 bits per heavy atom. The Kier molecular flexibility index (Phi) is 16.3. The second-order valence-electron chi connectivity index (χ2n) is 14.1. The average Bonchev–Trinajstić information content (AvgIpc) is 3.83. The van der Waals surface area contributed by atoms with E-state index in [2.05, 4.69) is 90.6 Å². The minimum atomic E-state index is -5.41. The molecule has 0 unspecified atom stereocenters. The molecular weight excluding hydrogens is 861 g/mol. The quantitative estimate of drug-likeness (QED) is 0.104. The van der Waals surface area contributed by atoms with Crippen LogP contribution in [0.25, 0.3) is 0 Å². The van der Waals surface area contributed by atoms with Gasteiger partial charge in [-0.05, 0) is 62.4 Å². The second-order valence-corrected chi connectivity index (χ2v) is 24.3. The topological polar surface area (TPSA) is 0 Å². The van der Waals surface area contributed by atoms with E-state index in [1.54, 1.807) is 11.1 Å². The summed E-state index contributed by atoms with van der Waals surface area (Å²) < 4.78 is 212. The summed E-state index contributed by atoms with van der Waals surface area (Å²) >= 11 is 0. The van der Waals surface area contributed by atoms with Gasteiger partial charge in [0.1, 0.15) is 41.0 Å². The summed E-state index contributed by atoms with van der Waals surface area (Å²) in [7, 11) is -1.96. The van der Waals surface area contributed by atoms with Gasteiger partial charge in [0.15, 0.2) is 52.4 Å². The van der Waals surface area contributed by atoms with Crippen LogP contribution in [0.5, 0.6) is 0 Å². The van der Waals surface area contributed by atoms with Gasteiger partial charge in [-0.1, -0.05) is 39.3 Å². The molecule has 2 saturated carbocycles. The van der Waals surface area contributed by atoms with Crippen LogP contribution in [0.1, 0.15) is 0 Å². The number of hydrogen-bond acceptors (Lipinski definition) is 0. The first kappa shape index (κ1) is 48.4. The van der Waals surface area contributed by atoms with Crippen LogP contribution in [0.2, 0.25) is 46.1 Å². The van der Waals surface area contributed by atoms with E-state index in [-0.39, 0.29) is 39.5 Å². The van der Waals surface area contributed by atoms with Crippen molar-refractivity contribution in [1.29, 1.82) is 0 Å². The van der Waals surface area contributed by atoms with Crippen LogP contribution >= 0.6 is 0 Å². The summed E-state index contributed by atoms with van der Waals surface area (Å²) in [4.78, 5) is 0. The molecule has 54 heavy (non-hydrogen) atoms. The normalized spacial score (nSPS) is 15.4. The maximum atomic E-state index is 14.6. The predicted octanol–water partition coefficient (Wildman–Crippen LogP) is 9.41. The first-order chi connectivity index (χ1) is 24.2. The summed E-state index contributed by atoms with van der Waals surface area (Å²) in [6.07, 6.45) is 12.0. The SMILES string of the molecule is C[B-](c1c(F)c(F)c(F)c(F)c1F)(c1c(F)c(F)c(F)c(F)c1F)c1c(F)c(F)c(F)c(F)c1F.C[Si](C)(C)[C]1[CH][CH][CH][CH]1.C[Si](C)(C)[C]1[CH][CH][CH][CH]1.[Y+3]. The molecule has 3 aromatic rings. The molecule has 0 bridgehead atoms. The molecule has 0 heterocycles. The van der Waals surface area contributed by atoms with Crippen LogP contribution in [0.3, 0.4) is 0 Å². The Morgan fingerprint density at radius 3 is 0.593 bits per heavy atom. The van der Waals surface area contributed by atoms with E-state index in [0.29, 0.717) is 0 Å². The van der Waals surface area contributed by atoms with Crippen LogP contribution < -0.4 is 16.4 Å². The molecule has 0 amide bonds. The zero-order valence-corrected chi connectivity index (χ0v) is 34.3. The van der Waals surface area contributed by atoms with E-state index >= 15 is 0 Å². The van der Waals surface area contributed by atoms with Crippen molar-refractivity contribution in [3.8, 4) is 0 Å². The van der Waals surface area contributed by atoms with E-state index < -0.39 is 126 Å². The van der Waals surface area contributed by atoms with Crippen molar-refractivity contribution in [2.75, 3.05) is 0 Å². The molecule has 5 rings (SSSR count). The van der Waals surface area contributed by atoms with Crippen LogP contribution in [-0.2, 0) is 32.7 Å². The zero-order chi connectivity index (χ0) is 40.7. The van der Waals surface area contributed by atoms with Crippen molar-refractivity contribution in [2.45, 2.75) is 46.1 Å². The molecule has 286 valence electrons. The van der Waals surface area contributed by atoms with Crippen LogP contribution in [-0.4, -0.2) is 22.3 Å². The Labute approximate surface area is 331 Å². The standard InChI is InChI=1S/C19H3BF15.2C8H13Si.Y/c1-20(2-5(21)11(27)17(33)12(28)6(2)22,3-7(23)13(29)18(34)14(30)8(3)24)4-9(25)15(31)19(35)16(32)10(4)26;2*1-9(2,3)8-6-4-5-7-8;/h1H3;2*4-7H,1-3H3;/q-1;;;+3. The van der Waals surface area contributed by atoms with Gasteiger partial charge in [-0.3, -0.25) is 0 Å². The molecule has 2 aliphatic rings. The first-order valence-corrected chi connectivity index (χ1v) is 22.4. The van der Waals surface area contributed by atoms with E-state index in [1.807, 2.05) is 0 Å². The largest absolute Gasteiger partial charge is 3.00 e. The summed E-state index contributed by atoms with van der Waals surface area (Å²) in [5.41, 5.74) is -4.78. The van der Waals surface area contributed by atoms with Gasteiger partial charge in [0, 0.05) is 0 Å². The number of rotatable bonds is 5. The van der Waals surface area contributed by atoms with Crippen LogP contribution in [0.15, 0.2) is 0 Å². The Balaban J connectivity index is 0.000000430. The van der Waals surface area contributed by atoms with Gasteiger partial charge in [-0.15, -0.1) is 16.4 Å². The molecule has 19 heteroatoms.